The van der Waals surface area contributed by atoms with Crippen molar-refractivity contribution in [3.05, 3.63) is 47.7 Å². The molecule has 1 aliphatic rings. The summed E-state index contributed by atoms with van der Waals surface area (Å²) in [6.07, 6.45) is 0.331. The zero-order valence-electron chi connectivity index (χ0n) is 16.2. The number of hydrogen-bond acceptors (Lipinski definition) is 6. The lowest BCUT2D eigenvalue weighted by molar-refractivity contribution is -0.117. The molecule has 1 saturated heterocycles. The standard InChI is InChI=1S/C21H25N5O2/c1-14(2)15-3-5-18(6-4-15)23-21(28)9-16-11-26(12-17(16)13-27)20-8-7-19(10-22)24-25-20/h3-8,14,16-17,27H,9,11-13H2,1-2H3,(H,23,28)/t16?,17-/m0/s1. The minimum atomic E-state index is -0.0616. The Labute approximate surface area is 165 Å². The smallest absolute Gasteiger partial charge is 0.224 e. The van der Waals surface area contributed by atoms with Gasteiger partial charge in [0.05, 0.1) is 0 Å². The van der Waals surface area contributed by atoms with E-state index in [9.17, 15) is 9.90 Å². The molecule has 7 heteroatoms. The predicted molar refractivity (Wildman–Crippen MR) is 107 cm³/mol. The van der Waals surface area contributed by atoms with Gasteiger partial charge in [-0.3, -0.25) is 4.79 Å². The summed E-state index contributed by atoms with van der Waals surface area (Å²) in [4.78, 5) is 14.5. The lowest BCUT2D eigenvalue weighted by atomic mass is 9.93. The summed E-state index contributed by atoms with van der Waals surface area (Å²) in [5, 5.41) is 29.4. The molecule has 28 heavy (non-hydrogen) atoms. The summed E-state index contributed by atoms with van der Waals surface area (Å²) in [5.41, 5.74) is 2.28. The molecule has 1 amide bonds. The van der Waals surface area contributed by atoms with Gasteiger partial charge in [0, 0.05) is 37.7 Å². The Kier molecular flexibility index (Phi) is 6.22. The number of nitrogens with one attached hydrogen (secondary N) is 1. The third-order valence-electron chi connectivity index (χ3n) is 5.21. The van der Waals surface area contributed by atoms with Gasteiger partial charge in [0.2, 0.25) is 5.91 Å². The van der Waals surface area contributed by atoms with Crippen LogP contribution in [0.2, 0.25) is 0 Å². The number of aromatic nitrogens is 2. The van der Waals surface area contributed by atoms with E-state index in [1.807, 2.05) is 35.2 Å². The van der Waals surface area contributed by atoms with Crippen LogP contribution >= 0.6 is 0 Å². The van der Waals surface area contributed by atoms with Crippen LogP contribution in [-0.2, 0) is 4.79 Å². The van der Waals surface area contributed by atoms with Gasteiger partial charge in [-0.05, 0) is 41.7 Å². The van der Waals surface area contributed by atoms with Gasteiger partial charge in [-0.15, -0.1) is 10.2 Å². The average Bonchev–Trinajstić information content (AvgIpc) is 3.11. The van der Waals surface area contributed by atoms with Crippen molar-refractivity contribution in [1.29, 1.82) is 5.26 Å². The summed E-state index contributed by atoms with van der Waals surface area (Å²) >= 11 is 0. The number of carbonyl (C=O) groups excluding carboxylic acids is 1. The minimum Gasteiger partial charge on any atom is -0.396 e. The number of nitriles is 1. The van der Waals surface area contributed by atoms with E-state index in [4.69, 9.17) is 5.26 Å². The quantitative estimate of drug-likeness (QED) is 0.800. The summed E-state index contributed by atoms with van der Waals surface area (Å²) in [5.74, 6) is 1.06. The van der Waals surface area contributed by atoms with Crippen LogP contribution < -0.4 is 10.2 Å². The third-order valence-corrected chi connectivity index (χ3v) is 5.21. The van der Waals surface area contributed by atoms with Gasteiger partial charge in [0.25, 0.3) is 0 Å². The Hall–Kier alpha value is -2.98. The van der Waals surface area contributed by atoms with Gasteiger partial charge >= 0.3 is 0 Å². The number of benzene rings is 1. The van der Waals surface area contributed by atoms with Crippen molar-refractivity contribution in [3.8, 4) is 6.07 Å². The van der Waals surface area contributed by atoms with Gasteiger partial charge in [0.1, 0.15) is 6.07 Å². The molecule has 7 nitrogen and oxygen atoms in total. The molecule has 3 rings (SSSR count). The van der Waals surface area contributed by atoms with E-state index < -0.39 is 0 Å². The number of carbonyl (C=O) groups is 1. The fourth-order valence-electron chi connectivity index (χ4n) is 3.52. The number of nitrogens with zero attached hydrogens (tertiary/aromatic N) is 4. The highest BCUT2D eigenvalue weighted by atomic mass is 16.3. The normalized spacial score (nSPS) is 18.9. The molecule has 2 aromatic rings. The number of rotatable bonds is 6. The second-order valence-electron chi connectivity index (χ2n) is 7.53. The van der Waals surface area contributed by atoms with Crippen LogP contribution in [0.3, 0.4) is 0 Å². The van der Waals surface area contributed by atoms with E-state index in [-0.39, 0.29) is 30.0 Å². The van der Waals surface area contributed by atoms with Crippen LogP contribution in [0, 0.1) is 23.2 Å². The fourth-order valence-corrected chi connectivity index (χ4v) is 3.52. The van der Waals surface area contributed by atoms with E-state index >= 15 is 0 Å². The zero-order valence-corrected chi connectivity index (χ0v) is 16.2. The Morgan fingerprint density at radius 2 is 1.93 bits per heavy atom. The van der Waals surface area contributed by atoms with E-state index in [0.717, 1.165) is 5.69 Å². The van der Waals surface area contributed by atoms with Crippen molar-refractivity contribution in [1.82, 2.24) is 10.2 Å². The zero-order chi connectivity index (χ0) is 20.1. The average molecular weight is 379 g/mol. The SMILES string of the molecule is CC(C)c1ccc(NC(=O)CC2CN(c3ccc(C#N)nn3)C[C@H]2CO)cc1. The Morgan fingerprint density at radius 1 is 1.21 bits per heavy atom. The van der Waals surface area contributed by atoms with Gasteiger partial charge in [0.15, 0.2) is 11.5 Å². The van der Waals surface area contributed by atoms with Crippen molar-refractivity contribution >= 4 is 17.4 Å². The van der Waals surface area contributed by atoms with Crippen molar-refractivity contribution in [2.75, 3.05) is 29.9 Å². The molecule has 0 spiro atoms. The maximum Gasteiger partial charge on any atom is 0.224 e. The monoisotopic (exact) mass is 379 g/mol. The van der Waals surface area contributed by atoms with E-state index in [0.29, 0.717) is 31.2 Å². The van der Waals surface area contributed by atoms with Crippen LogP contribution in [0.25, 0.3) is 0 Å². The molecule has 0 saturated carbocycles. The molecule has 0 bridgehead atoms. The van der Waals surface area contributed by atoms with Crippen LogP contribution in [0.15, 0.2) is 36.4 Å². The summed E-state index contributed by atoms with van der Waals surface area (Å²) in [7, 11) is 0. The molecule has 2 heterocycles. The minimum absolute atomic E-state index is 0.00786. The molecule has 1 fully saturated rings. The molecule has 1 unspecified atom stereocenters. The highest BCUT2D eigenvalue weighted by Gasteiger charge is 2.34. The van der Waals surface area contributed by atoms with Crippen molar-refractivity contribution in [2.24, 2.45) is 11.8 Å². The number of amides is 1. The Morgan fingerprint density at radius 3 is 2.50 bits per heavy atom. The topological polar surface area (TPSA) is 102 Å². The van der Waals surface area contributed by atoms with Gasteiger partial charge in [-0.2, -0.15) is 5.26 Å². The largest absolute Gasteiger partial charge is 0.396 e. The molecule has 1 aromatic heterocycles. The lowest BCUT2D eigenvalue weighted by Gasteiger charge is -2.16. The van der Waals surface area contributed by atoms with Gasteiger partial charge in [-0.1, -0.05) is 26.0 Å². The molecule has 2 atom stereocenters. The van der Waals surface area contributed by atoms with Crippen LogP contribution in [0.1, 0.15) is 37.4 Å². The first-order chi connectivity index (χ1) is 13.5. The van der Waals surface area contributed by atoms with E-state index in [1.165, 1.54) is 5.56 Å². The van der Waals surface area contributed by atoms with Gasteiger partial charge in [-0.25, -0.2) is 0 Å². The molecular formula is C21H25N5O2. The number of aliphatic hydroxyl groups is 1. The maximum atomic E-state index is 12.5. The second-order valence-corrected chi connectivity index (χ2v) is 7.53. The Bertz CT molecular complexity index is 843. The first kappa shape index (κ1) is 19.8. The van der Waals surface area contributed by atoms with Crippen LogP contribution in [-0.4, -0.2) is 40.9 Å². The highest BCUT2D eigenvalue weighted by Crippen LogP contribution is 2.29. The van der Waals surface area contributed by atoms with Crippen LogP contribution in [0.4, 0.5) is 11.5 Å². The highest BCUT2D eigenvalue weighted by molar-refractivity contribution is 5.91. The summed E-state index contributed by atoms with van der Waals surface area (Å²) in [6, 6.07) is 13.2. The maximum absolute atomic E-state index is 12.5. The van der Waals surface area contributed by atoms with Crippen molar-refractivity contribution < 1.29 is 9.90 Å². The Balaban J connectivity index is 1.60. The molecule has 2 N–H and O–H groups in total. The first-order valence-corrected chi connectivity index (χ1v) is 9.49. The third kappa shape index (κ3) is 4.65. The summed E-state index contributed by atoms with van der Waals surface area (Å²) in [6.45, 7) is 5.50. The molecule has 0 aliphatic carbocycles. The van der Waals surface area contributed by atoms with Crippen molar-refractivity contribution in [3.63, 3.8) is 0 Å². The number of hydrogen-bond donors (Lipinski definition) is 2. The molecule has 1 aromatic carbocycles. The predicted octanol–water partition coefficient (Wildman–Crippen LogP) is 2.55. The number of anilines is 2. The van der Waals surface area contributed by atoms with Crippen molar-refractivity contribution in [2.45, 2.75) is 26.2 Å². The first-order valence-electron chi connectivity index (χ1n) is 9.49. The lowest BCUT2D eigenvalue weighted by Crippen LogP contribution is -2.23. The van der Waals surface area contributed by atoms with Gasteiger partial charge < -0.3 is 15.3 Å². The van der Waals surface area contributed by atoms with Crippen LogP contribution in [0.5, 0.6) is 0 Å². The fraction of sp³-hybridized carbons (Fsp3) is 0.429. The summed E-state index contributed by atoms with van der Waals surface area (Å²) < 4.78 is 0. The molecular weight excluding hydrogens is 354 g/mol. The second kappa shape index (κ2) is 8.81. The molecule has 0 radical (unpaired) electrons. The number of aliphatic hydroxyl groups excluding tert-OH is 1. The van der Waals surface area contributed by atoms with E-state index in [2.05, 4.69) is 29.4 Å². The molecule has 1 aliphatic heterocycles. The molecule has 146 valence electrons. The van der Waals surface area contributed by atoms with E-state index in [1.54, 1.807) is 12.1 Å².